The maximum atomic E-state index is 5.63. The van der Waals surface area contributed by atoms with Crippen molar-refractivity contribution in [1.82, 2.24) is 10.9 Å². The van der Waals surface area contributed by atoms with Crippen LogP contribution in [-0.2, 0) is 6.54 Å². The van der Waals surface area contributed by atoms with E-state index in [2.05, 4.69) is 71.2 Å². The highest BCUT2D eigenvalue weighted by molar-refractivity contribution is 5.61. The van der Waals surface area contributed by atoms with E-state index in [-0.39, 0.29) is 12.1 Å². The molecule has 3 atom stereocenters. The summed E-state index contributed by atoms with van der Waals surface area (Å²) in [5, 5.41) is 0. The van der Waals surface area contributed by atoms with Crippen LogP contribution in [0.15, 0.2) is 66.7 Å². The Morgan fingerprint density at radius 2 is 1.68 bits per heavy atom. The van der Waals surface area contributed by atoms with E-state index in [0.29, 0.717) is 5.92 Å². The van der Waals surface area contributed by atoms with Crippen molar-refractivity contribution in [1.29, 1.82) is 0 Å². The van der Waals surface area contributed by atoms with E-state index in [4.69, 9.17) is 9.47 Å². The molecular weight excluding hydrogens is 386 g/mol. The topological polar surface area (TPSA) is 45.8 Å². The maximum absolute atomic E-state index is 5.63. The number of fused-ring (bicyclic) bond motifs is 3. The van der Waals surface area contributed by atoms with Gasteiger partial charge >= 0.3 is 0 Å². The zero-order valence-electron chi connectivity index (χ0n) is 18.3. The lowest BCUT2D eigenvalue weighted by Gasteiger charge is -2.39. The number of ether oxygens (including phenoxy) is 2. The zero-order chi connectivity index (χ0) is 21.4. The highest BCUT2D eigenvalue weighted by Crippen LogP contribution is 2.46. The minimum atomic E-state index is 0.227. The number of anilines is 1. The molecule has 2 heterocycles. The monoisotopic (exact) mass is 415 g/mol. The Kier molecular flexibility index (Phi) is 5.30. The fourth-order valence-electron chi connectivity index (χ4n) is 4.95. The molecule has 1 saturated heterocycles. The van der Waals surface area contributed by atoms with Gasteiger partial charge in [0.1, 0.15) is 11.5 Å². The van der Waals surface area contributed by atoms with E-state index in [1.165, 1.54) is 27.9 Å². The van der Waals surface area contributed by atoms with Gasteiger partial charge in [-0.15, -0.1) is 0 Å². The Morgan fingerprint density at radius 3 is 2.45 bits per heavy atom. The lowest BCUT2D eigenvalue weighted by atomic mass is 9.81. The summed E-state index contributed by atoms with van der Waals surface area (Å²) >= 11 is 0. The number of nitrogens with zero attached hydrogens (tertiary/aromatic N) is 1. The summed E-state index contributed by atoms with van der Waals surface area (Å²) in [7, 11) is 3.46. The first-order valence-electron chi connectivity index (χ1n) is 10.8. The minimum Gasteiger partial charge on any atom is -0.497 e. The van der Waals surface area contributed by atoms with Crippen LogP contribution < -0.4 is 25.2 Å². The number of hydrogen-bond acceptors (Lipinski definition) is 5. The molecule has 31 heavy (non-hydrogen) atoms. The van der Waals surface area contributed by atoms with E-state index in [9.17, 15) is 0 Å². The van der Waals surface area contributed by atoms with Gasteiger partial charge < -0.3 is 14.4 Å². The Labute approximate surface area is 184 Å². The van der Waals surface area contributed by atoms with E-state index in [0.717, 1.165) is 24.6 Å². The summed E-state index contributed by atoms with van der Waals surface area (Å²) < 4.78 is 11.2. The lowest BCUT2D eigenvalue weighted by molar-refractivity contribution is 0.388. The third-order valence-electron chi connectivity index (χ3n) is 6.58. The van der Waals surface area contributed by atoms with Crippen molar-refractivity contribution in [2.45, 2.75) is 25.6 Å². The van der Waals surface area contributed by atoms with Crippen molar-refractivity contribution < 1.29 is 9.47 Å². The Hall–Kier alpha value is -3.02. The van der Waals surface area contributed by atoms with Gasteiger partial charge in [0.2, 0.25) is 0 Å². The number of hydrogen-bond donors (Lipinski definition) is 2. The van der Waals surface area contributed by atoms with Crippen molar-refractivity contribution >= 4 is 5.69 Å². The lowest BCUT2D eigenvalue weighted by Crippen LogP contribution is -2.39. The fraction of sp³-hybridized carbons (Fsp3) is 0.308. The molecule has 0 bridgehead atoms. The smallest absolute Gasteiger partial charge is 0.123 e. The molecule has 5 nitrogen and oxygen atoms in total. The molecule has 2 aliphatic heterocycles. The molecule has 3 unspecified atom stereocenters. The van der Waals surface area contributed by atoms with Crippen molar-refractivity contribution in [3.8, 4) is 11.5 Å². The predicted molar refractivity (Wildman–Crippen MR) is 123 cm³/mol. The highest BCUT2D eigenvalue weighted by Gasteiger charge is 2.43. The van der Waals surface area contributed by atoms with Gasteiger partial charge in [0.15, 0.2) is 0 Å². The number of rotatable bonds is 5. The molecule has 0 amide bonds. The van der Waals surface area contributed by atoms with Gasteiger partial charge in [-0.2, -0.15) is 0 Å². The first-order valence-corrected chi connectivity index (χ1v) is 10.8. The van der Waals surface area contributed by atoms with Crippen molar-refractivity contribution in [2.75, 3.05) is 25.7 Å². The minimum absolute atomic E-state index is 0.227. The number of para-hydroxylation sites is 1. The van der Waals surface area contributed by atoms with Crippen LogP contribution in [0.4, 0.5) is 5.69 Å². The molecule has 2 N–H and O–H groups in total. The van der Waals surface area contributed by atoms with Gasteiger partial charge in [-0.05, 0) is 42.3 Å². The van der Waals surface area contributed by atoms with Crippen molar-refractivity contribution in [3.05, 3.63) is 89.0 Å². The number of aryl methyl sites for hydroxylation is 1. The molecule has 2 aliphatic rings. The van der Waals surface area contributed by atoms with Crippen LogP contribution >= 0.6 is 0 Å². The summed E-state index contributed by atoms with van der Waals surface area (Å²) in [6, 6.07) is 24.0. The Bertz CT molecular complexity index is 1070. The average molecular weight is 416 g/mol. The second-order valence-corrected chi connectivity index (χ2v) is 8.44. The van der Waals surface area contributed by atoms with Gasteiger partial charge in [-0.3, -0.25) is 0 Å². The van der Waals surface area contributed by atoms with Gasteiger partial charge in [0, 0.05) is 30.3 Å². The molecule has 160 valence electrons. The van der Waals surface area contributed by atoms with Crippen LogP contribution in [0.1, 0.15) is 34.3 Å². The second-order valence-electron chi connectivity index (χ2n) is 8.44. The molecule has 5 heteroatoms. The first kappa shape index (κ1) is 19.9. The van der Waals surface area contributed by atoms with Crippen LogP contribution in [0.3, 0.4) is 0 Å². The molecule has 0 radical (unpaired) electrons. The molecule has 3 aromatic rings. The maximum Gasteiger partial charge on any atom is 0.123 e. The third-order valence-corrected chi connectivity index (χ3v) is 6.58. The molecule has 0 aromatic heterocycles. The average Bonchev–Trinajstić information content (AvgIpc) is 3.23. The standard InChI is InChI=1S/C26H29N3O2/c1-17-8-10-18(11-9-17)25-22-16-29(15-19-6-4-5-7-24(19)31-3)23-13-12-20(30-2)14-21(23)26(22)28-27-25/h4-14,22,25-28H,15-16H2,1-3H3. The van der Waals surface area contributed by atoms with E-state index in [1.807, 2.05) is 18.2 Å². The fourth-order valence-corrected chi connectivity index (χ4v) is 4.95. The van der Waals surface area contributed by atoms with Gasteiger partial charge in [0.05, 0.1) is 26.3 Å². The summed E-state index contributed by atoms with van der Waals surface area (Å²) in [6.07, 6.45) is 0. The van der Waals surface area contributed by atoms with Crippen LogP contribution in [-0.4, -0.2) is 20.8 Å². The molecule has 5 rings (SSSR count). The van der Waals surface area contributed by atoms with E-state index < -0.39 is 0 Å². The van der Waals surface area contributed by atoms with Gasteiger partial charge in [-0.25, -0.2) is 10.9 Å². The molecule has 0 saturated carbocycles. The van der Waals surface area contributed by atoms with E-state index >= 15 is 0 Å². The Morgan fingerprint density at radius 1 is 0.903 bits per heavy atom. The summed E-state index contributed by atoms with van der Waals surface area (Å²) in [6.45, 7) is 3.87. The number of benzene rings is 3. The van der Waals surface area contributed by atoms with Crippen molar-refractivity contribution in [3.63, 3.8) is 0 Å². The SMILES string of the molecule is COc1ccc2c(c1)C1NNC(c3ccc(C)cc3)C1CN2Cc1ccccc1OC. The molecular formula is C26H29N3O2. The molecule has 0 spiro atoms. The molecule has 1 fully saturated rings. The normalized spacial score (nSPS) is 22.0. The van der Waals surface area contributed by atoms with Crippen LogP contribution in [0.25, 0.3) is 0 Å². The van der Waals surface area contributed by atoms with Crippen molar-refractivity contribution in [2.24, 2.45) is 5.92 Å². The molecule has 0 aliphatic carbocycles. The second kappa shape index (κ2) is 8.25. The summed E-state index contributed by atoms with van der Waals surface area (Å²) in [5.41, 5.74) is 13.5. The number of methoxy groups -OCH3 is 2. The zero-order valence-corrected chi connectivity index (χ0v) is 18.3. The van der Waals surface area contributed by atoms with Crippen LogP contribution in [0.5, 0.6) is 11.5 Å². The Balaban J connectivity index is 1.53. The summed E-state index contributed by atoms with van der Waals surface area (Å²) in [5.74, 6) is 2.20. The predicted octanol–water partition coefficient (Wildman–Crippen LogP) is 4.54. The van der Waals surface area contributed by atoms with Crippen LogP contribution in [0, 0.1) is 12.8 Å². The number of nitrogens with one attached hydrogen (secondary N) is 2. The van der Waals surface area contributed by atoms with E-state index in [1.54, 1.807) is 14.2 Å². The van der Waals surface area contributed by atoms with Crippen LogP contribution in [0.2, 0.25) is 0 Å². The first-order chi connectivity index (χ1) is 15.2. The molecule has 3 aromatic carbocycles. The largest absolute Gasteiger partial charge is 0.497 e. The highest BCUT2D eigenvalue weighted by atomic mass is 16.5. The third kappa shape index (κ3) is 3.64. The van der Waals surface area contributed by atoms with Gasteiger partial charge in [-0.1, -0.05) is 48.0 Å². The quantitative estimate of drug-likeness (QED) is 0.641. The number of hydrazine groups is 1. The summed E-state index contributed by atoms with van der Waals surface area (Å²) in [4.78, 5) is 2.48. The van der Waals surface area contributed by atoms with Gasteiger partial charge in [0.25, 0.3) is 0 Å².